The molecule has 1 aliphatic heterocycles. The first-order valence-electron chi connectivity index (χ1n) is 9.07. The summed E-state index contributed by atoms with van der Waals surface area (Å²) in [6.45, 7) is 2.46. The number of amides is 2. The Bertz CT molecular complexity index is 623. The summed E-state index contributed by atoms with van der Waals surface area (Å²) < 4.78 is 0. The molecule has 130 valence electrons. The van der Waals surface area contributed by atoms with Crippen LogP contribution >= 0.6 is 0 Å². The highest BCUT2D eigenvalue weighted by Gasteiger charge is 2.29. The number of rotatable bonds is 3. The Kier molecular flexibility index (Phi) is 5.07. The predicted octanol–water partition coefficient (Wildman–Crippen LogP) is 2.63. The zero-order chi connectivity index (χ0) is 17.1. The molecule has 1 aromatic carbocycles. The molecule has 24 heavy (non-hydrogen) atoms. The Morgan fingerprint density at radius 1 is 1.21 bits per heavy atom. The highest BCUT2D eigenvalue weighted by Crippen LogP contribution is 2.31. The number of nitrogens with two attached hydrogens (primary N) is 1. The maximum absolute atomic E-state index is 12.9. The van der Waals surface area contributed by atoms with E-state index in [4.69, 9.17) is 5.73 Å². The lowest BCUT2D eigenvalue weighted by molar-refractivity contribution is -0.130. The van der Waals surface area contributed by atoms with E-state index in [1.165, 1.54) is 6.42 Å². The minimum absolute atomic E-state index is 0.0281. The Morgan fingerprint density at radius 3 is 2.71 bits per heavy atom. The average molecular weight is 329 g/mol. The van der Waals surface area contributed by atoms with Crippen molar-refractivity contribution in [1.82, 2.24) is 5.32 Å². The van der Waals surface area contributed by atoms with Crippen LogP contribution in [0.1, 0.15) is 51.0 Å². The van der Waals surface area contributed by atoms with Crippen molar-refractivity contribution in [3.8, 4) is 0 Å². The highest BCUT2D eigenvalue weighted by molar-refractivity contribution is 6.00. The number of carbonyl (C=O) groups excluding carboxylic acids is 2. The van der Waals surface area contributed by atoms with Crippen molar-refractivity contribution in [2.45, 2.75) is 57.9 Å². The van der Waals surface area contributed by atoms with Gasteiger partial charge in [0, 0.05) is 23.8 Å². The molecule has 0 bridgehead atoms. The zero-order valence-electron chi connectivity index (χ0n) is 14.4. The summed E-state index contributed by atoms with van der Waals surface area (Å²) in [5.74, 6) is 0.0457. The maximum atomic E-state index is 12.9. The molecule has 1 aliphatic carbocycles. The fourth-order valence-corrected chi connectivity index (χ4v) is 3.87. The zero-order valence-corrected chi connectivity index (χ0v) is 14.4. The molecule has 2 amide bonds. The lowest BCUT2D eigenvalue weighted by Crippen LogP contribution is -2.50. The van der Waals surface area contributed by atoms with Crippen LogP contribution in [-0.4, -0.2) is 24.4 Å². The summed E-state index contributed by atoms with van der Waals surface area (Å²) in [7, 11) is 0. The van der Waals surface area contributed by atoms with E-state index in [1.807, 2.05) is 18.2 Å². The lowest BCUT2D eigenvalue weighted by atomic mass is 9.88. The number of anilines is 2. The molecule has 0 spiro atoms. The quantitative estimate of drug-likeness (QED) is 0.837. The number of benzene rings is 1. The maximum Gasteiger partial charge on any atom is 0.249 e. The van der Waals surface area contributed by atoms with E-state index < -0.39 is 6.04 Å². The van der Waals surface area contributed by atoms with Crippen LogP contribution in [0, 0.1) is 5.92 Å². The van der Waals surface area contributed by atoms with Gasteiger partial charge in [0.25, 0.3) is 0 Å². The van der Waals surface area contributed by atoms with Crippen LogP contribution in [0.2, 0.25) is 0 Å². The number of carbonyl (C=O) groups is 2. The van der Waals surface area contributed by atoms with Crippen molar-refractivity contribution in [1.29, 1.82) is 0 Å². The van der Waals surface area contributed by atoms with Crippen LogP contribution in [0.15, 0.2) is 18.2 Å². The second-order valence-corrected chi connectivity index (χ2v) is 7.00. The number of hydrogen-bond acceptors (Lipinski definition) is 3. The normalized spacial score (nSPS) is 19.5. The summed E-state index contributed by atoms with van der Waals surface area (Å²) in [5, 5.41) is 2.93. The Balaban J connectivity index is 1.68. The Morgan fingerprint density at radius 2 is 1.96 bits per heavy atom. The van der Waals surface area contributed by atoms with Gasteiger partial charge in [-0.15, -0.1) is 0 Å². The summed E-state index contributed by atoms with van der Waals surface area (Å²) >= 11 is 0. The topological polar surface area (TPSA) is 75.4 Å². The monoisotopic (exact) mass is 329 g/mol. The Labute approximate surface area is 143 Å². The first kappa shape index (κ1) is 16.8. The van der Waals surface area contributed by atoms with E-state index in [0.717, 1.165) is 55.5 Å². The summed E-state index contributed by atoms with van der Waals surface area (Å²) in [6.07, 6.45) is 7.11. The molecule has 1 heterocycles. The van der Waals surface area contributed by atoms with Gasteiger partial charge in [0.1, 0.15) is 6.04 Å². The number of fused-ring (bicyclic) bond motifs is 1. The largest absolute Gasteiger partial charge is 0.398 e. The van der Waals surface area contributed by atoms with E-state index in [9.17, 15) is 9.59 Å². The van der Waals surface area contributed by atoms with Crippen LogP contribution in [0.5, 0.6) is 0 Å². The molecule has 3 rings (SSSR count). The average Bonchev–Trinajstić information content (AvgIpc) is 2.61. The van der Waals surface area contributed by atoms with Gasteiger partial charge >= 0.3 is 0 Å². The number of nitrogen functional groups attached to an aromatic ring is 1. The van der Waals surface area contributed by atoms with E-state index in [1.54, 1.807) is 11.8 Å². The smallest absolute Gasteiger partial charge is 0.249 e. The van der Waals surface area contributed by atoms with Crippen molar-refractivity contribution < 1.29 is 9.59 Å². The van der Waals surface area contributed by atoms with Crippen LogP contribution in [0.4, 0.5) is 11.4 Å². The van der Waals surface area contributed by atoms with Gasteiger partial charge in [0.05, 0.1) is 0 Å². The molecule has 1 fully saturated rings. The van der Waals surface area contributed by atoms with Crippen LogP contribution in [-0.2, 0) is 16.0 Å². The number of hydrogen-bond donors (Lipinski definition) is 2. The van der Waals surface area contributed by atoms with Crippen molar-refractivity contribution in [2.75, 3.05) is 17.2 Å². The SMILES string of the molecule is C[C@H](NC(=O)C1CCCCC1)C(=O)N1CCCc2c(N)cccc21. The first-order chi connectivity index (χ1) is 11.6. The van der Waals surface area contributed by atoms with Gasteiger partial charge < -0.3 is 16.0 Å². The standard InChI is InChI=1S/C19H27N3O2/c1-13(21-18(23)14-7-3-2-4-8-14)19(24)22-12-6-9-15-16(20)10-5-11-17(15)22/h5,10-11,13-14H,2-4,6-9,12,20H2,1H3,(H,21,23)/t13-/m0/s1. The third-order valence-electron chi connectivity index (χ3n) is 5.26. The second kappa shape index (κ2) is 7.24. The first-order valence-corrected chi connectivity index (χ1v) is 9.07. The molecule has 5 nitrogen and oxygen atoms in total. The predicted molar refractivity (Wildman–Crippen MR) is 95.7 cm³/mol. The fraction of sp³-hybridized carbons (Fsp3) is 0.579. The van der Waals surface area contributed by atoms with E-state index in [-0.39, 0.29) is 17.7 Å². The second-order valence-electron chi connectivity index (χ2n) is 7.00. The Hall–Kier alpha value is -2.04. The molecular formula is C19H27N3O2. The molecule has 2 aliphatic rings. The van der Waals surface area contributed by atoms with E-state index >= 15 is 0 Å². The van der Waals surface area contributed by atoms with Crippen molar-refractivity contribution in [3.05, 3.63) is 23.8 Å². The highest BCUT2D eigenvalue weighted by atomic mass is 16.2. The van der Waals surface area contributed by atoms with E-state index in [2.05, 4.69) is 5.32 Å². The van der Waals surface area contributed by atoms with Gasteiger partial charge in [-0.3, -0.25) is 9.59 Å². The van der Waals surface area contributed by atoms with E-state index in [0.29, 0.717) is 6.54 Å². The molecule has 0 saturated heterocycles. The minimum atomic E-state index is -0.508. The van der Waals surface area contributed by atoms with Gasteiger partial charge in [-0.05, 0) is 50.3 Å². The lowest BCUT2D eigenvalue weighted by Gasteiger charge is -2.32. The summed E-state index contributed by atoms with van der Waals surface area (Å²) in [5.41, 5.74) is 8.73. The molecule has 1 aromatic rings. The van der Waals surface area contributed by atoms with Gasteiger partial charge in [0.15, 0.2) is 0 Å². The van der Waals surface area contributed by atoms with Gasteiger partial charge in [0.2, 0.25) is 11.8 Å². The molecule has 3 N–H and O–H groups in total. The van der Waals surface area contributed by atoms with Gasteiger partial charge in [-0.1, -0.05) is 25.3 Å². The molecule has 0 aromatic heterocycles. The van der Waals surface area contributed by atoms with Crippen LogP contribution in [0.25, 0.3) is 0 Å². The molecule has 0 unspecified atom stereocenters. The molecule has 0 radical (unpaired) electrons. The summed E-state index contributed by atoms with van der Waals surface area (Å²) in [4.78, 5) is 27.0. The number of nitrogens with zero attached hydrogens (tertiary/aromatic N) is 1. The van der Waals surface area contributed by atoms with Crippen molar-refractivity contribution in [3.63, 3.8) is 0 Å². The molecule has 5 heteroatoms. The minimum Gasteiger partial charge on any atom is -0.398 e. The molecule has 1 saturated carbocycles. The molecular weight excluding hydrogens is 302 g/mol. The van der Waals surface area contributed by atoms with Gasteiger partial charge in [-0.25, -0.2) is 0 Å². The summed E-state index contributed by atoms with van der Waals surface area (Å²) in [6, 6.07) is 5.19. The molecule has 1 atom stereocenters. The third-order valence-corrected chi connectivity index (χ3v) is 5.26. The number of nitrogens with one attached hydrogen (secondary N) is 1. The van der Waals surface area contributed by atoms with Crippen molar-refractivity contribution >= 4 is 23.2 Å². The van der Waals surface area contributed by atoms with Crippen LogP contribution in [0.3, 0.4) is 0 Å². The third kappa shape index (κ3) is 3.40. The fourth-order valence-electron chi connectivity index (χ4n) is 3.87. The van der Waals surface area contributed by atoms with Crippen LogP contribution < -0.4 is 16.0 Å². The van der Waals surface area contributed by atoms with Crippen molar-refractivity contribution in [2.24, 2.45) is 5.92 Å². The van der Waals surface area contributed by atoms with Gasteiger partial charge in [-0.2, -0.15) is 0 Å².